The van der Waals surface area contributed by atoms with Crippen LogP contribution in [0.15, 0.2) is 12.3 Å². The summed E-state index contributed by atoms with van der Waals surface area (Å²) in [5, 5.41) is 3.96. The van der Waals surface area contributed by atoms with Crippen molar-refractivity contribution < 1.29 is 4.74 Å². The Morgan fingerprint density at radius 3 is 2.45 bits per heavy atom. The lowest BCUT2D eigenvalue weighted by atomic mass is 10.1. The molecule has 0 saturated carbocycles. The normalized spacial score (nSPS) is 13.0. The van der Waals surface area contributed by atoms with E-state index in [4.69, 9.17) is 16.3 Å². The first-order valence-corrected chi connectivity index (χ1v) is 7.78. The Balaban J connectivity index is 2.54. The van der Waals surface area contributed by atoms with Crippen molar-refractivity contribution in [2.75, 3.05) is 6.54 Å². The molecule has 1 aromatic heterocycles. The molecule has 1 N–H and O–H groups in total. The van der Waals surface area contributed by atoms with Gasteiger partial charge in [0.1, 0.15) is 5.02 Å². The molecule has 0 radical (unpaired) electrons. The summed E-state index contributed by atoms with van der Waals surface area (Å²) < 4.78 is 5.79. The molecule has 4 heteroatoms. The van der Waals surface area contributed by atoms with Crippen molar-refractivity contribution in [2.45, 2.75) is 53.7 Å². The molecule has 0 aromatic carbocycles. The number of halogens is 1. The minimum absolute atomic E-state index is 0.130. The second-order valence-corrected chi connectivity index (χ2v) is 6.62. The van der Waals surface area contributed by atoms with Gasteiger partial charge in [-0.15, -0.1) is 0 Å². The molecule has 0 saturated heterocycles. The Kier molecular flexibility index (Phi) is 7.31. The van der Waals surface area contributed by atoms with Crippen LogP contribution in [0.25, 0.3) is 0 Å². The molecule has 1 atom stereocenters. The van der Waals surface area contributed by atoms with E-state index in [2.05, 4.69) is 44.9 Å². The van der Waals surface area contributed by atoms with Crippen molar-refractivity contribution in [2.24, 2.45) is 11.8 Å². The Labute approximate surface area is 128 Å². The monoisotopic (exact) mass is 298 g/mol. The van der Waals surface area contributed by atoms with E-state index in [1.807, 2.05) is 12.3 Å². The van der Waals surface area contributed by atoms with E-state index < -0.39 is 0 Å². The fourth-order valence-electron chi connectivity index (χ4n) is 2.06. The van der Waals surface area contributed by atoms with E-state index in [0.29, 0.717) is 22.7 Å². The van der Waals surface area contributed by atoms with Gasteiger partial charge < -0.3 is 10.1 Å². The molecule has 0 fully saturated rings. The summed E-state index contributed by atoms with van der Waals surface area (Å²) in [7, 11) is 0. The first kappa shape index (κ1) is 17.3. The number of ether oxygens (including phenoxy) is 1. The van der Waals surface area contributed by atoms with Gasteiger partial charge in [0.15, 0.2) is 0 Å². The summed E-state index contributed by atoms with van der Waals surface area (Å²) in [5.74, 6) is 1.77. The van der Waals surface area contributed by atoms with E-state index in [9.17, 15) is 0 Å². The number of nitrogens with zero attached hydrogens (tertiary/aromatic N) is 1. The maximum Gasteiger partial charge on any atom is 0.232 e. The molecule has 1 unspecified atom stereocenters. The highest BCUT2D eigenvalue weighted by Crippen LogP contribution is 2.24. The number of hydrogen-bond acceptors (Lipinski definition) is 3. The van der Waals surface area contributed by atoms with Crippen LogP contribution >= 0.6 is 11.6 Å². The SMILES string of the molecule is CC(C)CNCc1cnc(OC(C)CC(C)C)c(Cl)c1. The number of pyridine rings is 1. The van der Waals surface area contributed by atoms with E-state index in [1.165, 1.54) is 0 Å². The summed E-state index contributed by atoms with van der Waals surface area (Å²) in [6.07, 6.45) is 2.96. The van der Waals surface area contributed by atoms with Gasteiger partial charge in [-0.3, -0.25) is 0 Å². The first-order chi connectivity index (χ1) is 9.38. The highest BCUT2D eigenvalue weighted by Gasteiger charge is 2.11. The van der Waals surface area contributed by atoms with Crippen LogP contribution in [0.3, 0.4) is 0 Å². The molecule has 0 aliphatic carbocycles. The lowest BCUT2D eigenvalue weighted by molar-refractivity contribution is 0.186. The van der Waals surface area contributed by atoms with Gasteiger partial charge in [0.2, 0.25) is 5.88 Å². The summed E-state index contributed by atoms with van der Waals surface area (Å²) in [4.78, 5) is 4.33. The quantitative estimate of drug-likeness (QED) is 0.777. The number of aromatic nitrogens is 1. The second kappa shape index (κ2) is 8.48. The topological polar surface area (TPSA) is 34.2 Å². The van der Waals surface area contributed by atoms with Crippen molar-refractivity contribution in [1.82, 2.24) is 10.3 Å². The predicted molar refractivity (Wildman–Crippen MR) is 85.3 cm³/mol. The first-order valence-electron chi connectivity index (χ1n) is 7.40. The third-order valence-electron chi connectivity index (χ3n) is 2.86. The van der Waals surface area contributed by atoms with Gasteiger partial charge in [-0.1, -0.05) is 39.3 Å². The molecule has 1 aromatic rings. The average Bonchev–Trinajstić information content (AvgIpc) is 2.31. The van der Waals surface area contributed by atoms with Crippen LogP contribution in [0, 0.1) is 11.8 Å². The van der Waals surface area contributed by atoms with E-state index in [-0.39, 0.29) is 6.10 Å². The largest absolute Gasteiger partial charge is 0.474 e. The Bertz CT molecular complexity index is 407. The summed E-state index contributed by atoms with van der Waals surface area (Å²) in [6.45, 7) is 12.6. The van der Waals surface area contributed by atoms with Gasteiger partial charge in [0.25, 0.3) is 0 Å². The molecular formula is C16H27ClN2O. The molecule has 0 bridgehead atoms. The van der Waals surface area contributed by atoms with Gasteiger partial charge in [-0.2, -0.15) is 0 Å². The summed E-state index contributed by atoms with van der Waals surface area (Å²) in [6, 6.07) is 1.93. The number of hydrogen-bond donors (Lipinski definition) is 1. The molecule has 3 nitrogen and oxygen atoms in total. The number of rotatable bonds is 8. The molecule has 0 amide bonds. The molecular weight excluding hydrogens is 272 g/mol. The van der Waals surface area contributed by atoms with Gasteiger partial charge in [-0.25, -0.2) is 4.98 Å². The molecule has 114 valence electrons. The number of nitrogens with one attached hydrogen (secondary N) is 1. The fourth-order valence-corrected chi connectivity index (χ4v) is 2.29. The molecule has 0 aliphatic rings. The second-order valence-electron chi connectivity index (χ2n) is 6.21. The van der Waals surface area contributed by atoms with Crippen molar-refractivity contribution in [3.8, 4) is 5.88 Å². The van der Waals surface area contributed by atoms with Gasteiger partial charge in [-0.05, 0) is 43.4 Å². The van der Waals surface area contributed by atoms with Crippen LogP contribution in [0.5, 0.6) is 5.88 Å². The minimum atomic E-state index is 0.130. The highest BCUT2D eigenvalue weighted by molar-refractivity contribution is 6.31. The van der Waals surface area contributed by atoms with Crippen LogP contribution in [0.4, 0.5) is 0 Å². The maximum absolute atomic E-state index is 6.24. The highest BCUT2D eigenvalue weighted by atomic mass is 35.5. The van der Waals surface area contributed by atoms with Crippen LogP contribution in [-0.2, 0) is 6.54 Å². The predicted octanol–water partition coefficient (Wildman–Crippen LogP) is 4.29. The van der Waals surface area contributed by atoms with E-state index >= 15 is 0 Å². The smallest absolute Gasteiger partial charge is 0.232 e. The Morgan fingerprint density at radius 2 is 1.90 bits per heavy atom. The molecule has 0 aliphatic heterocycles. The van der Waals surface area contributed by atoms with E-state index in [1.54, 1.807) is 0 Å². The third kappa shape index (κ3) is 6.58. The average molecular weight is 299 g/mol. The van der Waals surface area contributed by atoms with Gasteiger partial charge in [0, 0.05) is 12.7 Å². The lowest BCUT2D eigenvalue weighted by Crippen LogP contribution is -2.19. The summed E-state index contributed by atoms with van der Waals surface area (Å²) >= 11 is 6.24. The zero-order chi connectivity index (χ0) is 15.1. The maximum atomic E-state index is 6.24. The Hall–Kier alpha value is -0.800. The van der Waals surface area contributed by atoms with Crippen molar-refractivity contribution in [3.05, 3.63) is 22.8 Å². The minimum Gasteiger partial charge on any atom is -0.474 e. The molecule has 1 heterocycles. The fraction of sp³-hybridized carbons (Fsp3) is 0.688. The van der Waals surface area contributed by atoms with Crippen LogP contribution < -0.4 is 10.1 Å². The van der Waals surface area contributed by atoms with E-state index in [0.717, 1.165) is 25.1 Å². The third-order valence-corrected chi connectivity index (χ3v) is 3.13. The van der Waals surface area contributed by atoms with Crippen molar-refractivity contribution in [3.63, 3.8) is 0 Å². The summed E-state index contributed by atoms with van der Waals surface area (Å²) in [5.41, 5.74) is 1.08. The van der Waals surface area contributed by atoms with Gasteiger partial charge >= 0.3 is 0 Å². The van der Waals surface area contributed by atoms with Crippen molar-refractivity contribution >= 4 is 11.6 Å². The zero-order valence-corrected chi connectivity index (χ0v) is 14.0. The Morgan fingerprint density at radius 1 is 1.20 bits per heavy atom. The van der Waals surface area contributed by atoms with Crippen molar-refractivity contribution in [1.29, 1.82) is 0 Å². The lowest BCUT2D eigenvalue weighted by Gasteiger charge is -2.17. The van der Waals surface area contributed by atoms with Crippen LogP contribution in [0.1, 0.15) is 46.6 Å². The van der Waals surface area contributed by atoms with Crippen LogP contribution in [0.2, 0.25) is 5.02 Å². The molecule has 0 spiro atoms. The standard InChI is InChI=1S/C16H27ClN2O/c1-11(2)6-13(5)20-16-15(17)7-14(10-19-16)9-18-8-12(3)4/h7,10-13,18H,6,8-9H2,1-5H3. The van der Waals surface area contributed by atoms with Crippen LogP contribution in [-0.4, -0.2) is 17.6 Å². The van der Waals surface area contributed by atoms with Gasteiger partial charge in [0.05, 0.1) is 6.10 Å². The zero-order valence-electron chi connectivity index (χ0n) is 13.2. The molecule has 1 rings (SSSR count). The molecule has 20 heavy (non-hydrogen) atoms.